The minimum atomic E-state index is -4.35. The van der Waals surface area contributed by atoms with E-state index in [1.165, 1.54) is 12.1 Å². The maximum absolute atomic E-state index is 13.0. The molecule has 2 fully saturated rings. The Bertz CT molecular complexity index is 539. The molecule has 3 atom stereocenters. The lowest BCUT2D eigenvalue weighted by atomic mass is 9.58. The summed E-state index contributed by atoms with van der Waals surface area (Å²) in [5.41, 5.74) is 5.52. The molecule has 3 N–H and O–H groups in total. The summed E-state index contributed by atoms with van der Waals surface area (Å²) >= 11 is 0. The zero-order valence-electron chi connectivity index (χ0n) is 12.4. The monoisotopic (exact) mass is 313 g/mol. The molecule has 2 nitrogen and oxygen atoms in total. The van der Waals surface area contributed by atoms with Crippen LogP contribution in [0.4, 0.5) is 13.2 Å². The molecule has 1 unspecified atom stereocenters. The van der Waals surface area contributed by atoms with E-state index in [1.54, 1.807) is 6.07 Å². The fourth-order valence-electron chi connectivity index (χ4n) is 4.14. The summed E-state index contributed by atoms with van der Waals surface area (Å²) in [6.07, 6.45) is 0.148. The minimum absolute atomic E-state index is 0.00478. The Morgan fingerprint density at radius 1 is 1.18 bits per heavy atom. The van der Waals surface area contributed by atoms with Gasteiger partial charge in [0.1, 0.15) is 0 Å². The molecule has 0 heterocycles. The standard InChI is InChI=1S/C17H22F3NO/c18-17(19,20)12-5-1-4-11(10-12)16(8-3-9-16)15(22)13-6-2-7-14(13)21/h1,4-5,10,13-15,22H,2-3,6-9,21H2/t13-,14-,15?/m1/s1. The molecule has 1 aromatic rings. The Balaban J connectivity index is 1.93. The highest BCUT2D eigenvalue weighted by molar-refractivity contribution is 5.35. The zero-order chi connectivity index (χ0) is 16.0. The third-order valence-corrected chi connectivity index (χ3v) is 5.61. The molecule has 22 heavy (non-hydrogen) atoms. The summed E-state index contributed by atoms with van der Waals surface area (Å²) in [5, 5.41) is 10.9. The van der Waals surface area contributed by atoms with Crippen LogP contribution in [0.25, 0.3) is 0 Å². The average Bonchev–Trinajstić information content (AvgIpc) is 2.83. The molecule has 0 radical (unpaired) electrons. The number of hydrogen-bond acceptors (Lipinski definition) is 2. The van der Waals surface area contributed by atoms with Gasteiger partial charge < -0.3 is 10.8 Å². The fourth-order valence-corrected chi connectivity index (χ4v) is 4.14. The number of alkyl halides is 3. The van der Waals surface area contributed by atoms with E-state index in [9.17, 15) is 18.3 Å². The second kappa shape index (κ2) is 5.53. The van der Waals surface area contributed by atoms with Crippen LogP contribution in [-0.2, 0) is 11.6 Å². The van der Waals surface area contributed by atoms with Gasteiger partial charge >= 0.3 is 6.18 Å². The molecule has 0 aliphatic heterocycles. The number of aliphatic hydroxyl groups excluding tert-OH is 1. The van der Waals surface area contributed by atoms with Crippen LogP contribution >= 0.6 is 0 Å². The molecule has 0 saturated heterocycles. The number of nitrogens with two attached hydrogens (primary N) is 1. The maximum atomic E-state index is 13.0. The molecule has 122 valence electrons. The Kier molecular flexibility index (Phi) is 3.98. The van der Waals surface area contributed by atoms with Crippen molar-refractivity contribution in [2.75, 3.05) is 0 Å². The second-order valence-electron chi connectivity index (χ2n) is 6.79. The quantitative estimate of drug-likeness (QED) is 0.895. The lowest BCUT2D eigenvalue weighted by molar-refractivity contribution is -0.137. The molecule has 0 bridgehead atoms. The highest BCUT2D eigenvalue weighted by Crippen LogP contribution is 2.51. The summed E-state index contributed by atoms with van der Waals surface area (Å²) in [6.45, 7) is 0. The van der Waals surface area contributed by atoms with Crippen LogP contribution in [0.2, 0.25) is 0 Å². The van der Waals surface area contributed by atoms with Crippen molar-refractivity contribution in [3.8, 4) is 0 Å². The number of rotatable bonds is 3. The molecule has 2 saturated carbocycles. The van der Waals surface area contributed by atoms with Gasteiger partial charge in [0.2, 0.25) is 0 Å². The van der Waals surface area contributed by atoms with Gasteiger partial charge in [0, 0.05) is 17.4 Å². The lowest BCUT2D eigenvalue weighted by Gasteiger charge is -2.49. The van der Waals surface area contributed by atoms with Crippen LogP contribution in [0.1, 0.15) is 49.7 Å². The minimum Gasteiger partial charge on any atom is -0.392 e. The predicted octanol–water partition coefficient (Wildman–Crippen LogP) is 3.62. The second-order valence-corrected chi connectivity index (χ2v) is 6.79. The normalized spacial score (nSPS) is 29.1. The molecule has 2 aliphatic rings. The molecular formula is C17H22F3NO. The Labute approximate surface area is 128 Å². The first-order chi connectivity index (χ1) is 10.3. The van der Waals surface area contributed by atoms with Crippen molar-refractivity contribution in [3.63, 3.8) is 0 Å². The van der Waals surface area contributed by atoms with E-state index >= 15 is 0 Å². The highest BCUT2D eigenvalue weighted by atomic mass is 19.4. The topological polar surface area (TPSA) is 46.2 Å². The third kappa shape index (κ3) is 2.54. The number of halogens is 3. The van der Waals surface area contributed by atoms with Crippen molar-refractivity contribution in [2.45, 2.75) is 62.3 Å². The van der Waals surface area contributed by atoms with Crippen LogP contribution < -0.4 is 5.73 Å². The molecular weight excluding hydrogens is 291 g/mol. The summed E-state index contributed by atoms with van der Waals surface area (Å²) in [7, 11) is 0. The first kappa shape index (κ1) is 15.8. The number of hydrogen-bond donors (Lipinski definition) is 2. The van der Waals surface area contributed by atoms with Crippen LogP contribution in [0, 0.1) is 5.92 Å². The van der Waals surface area contributed by atoms with E-state index in [4.69, 9.17) is 5.73 Å². The molecule has 0 spiro atoms. The lowest BCUT2D eigenvalue weighted by Crippen LogP contribution is -2.52. The van der Waals surface area contributed by atoms with Gasteiger partial charge in [-0.1, -0.05) is 31.0 Å². The van der Waals surface area contributed by atoms with Gasteiger partial charge in [-0.05, 0) is 37.3 Å². The van der Waals surface area contributed by atoms with Crippen LogP contribution in [0.5, 0.6) is 0 Å². The SMILES string of the molecule is N[C@@H]1CCC[C@H]1C(O)C1(c2cccc(C(F)(F)F)c2)CCC1. The van der Waals surface area contributed by atoms with Crippen molar-refractivity contribution in [1.82, 2.24) is 0 Å². The van der Waals surface area contributed by atoms with Gasteiger partial charge in [-0.25, -0.2) is 0 Å². The van der Waals surface area contributed by atoms with Gasteiger partial charge in [0.15, 0.2) is 0 Å². The molecule has 0 aromatic heterocycles. The van der Waals surface area contributed by atoms with Gasteiger partial charge in [-0.3, -0.25) is 0 Å². The van der Waals surface area contributed by atoms with Gasteiger partial charge in [-0.2, -0.15) is 13.2 Å². The highest BCUT2D eigenvalue weighted by Gasteiger charge is 2.50. The van der Waals surface area contributed by atoms with Crippen LogP contribution in [0.15, 0.2) is 24.3 Å². The first-order valence-corrected chi connectivity index (χ1v) is 7.96. The summed E-state index contributed by atoms with van der Waals surface area (Å²) in [4.78, 5) is 0. The van der Waals surface area contributed by atoms with Crippen molar-refractivity contribution < 1.29 is 18.3 Å². The summed E-state index contributed by atoms with van der Waals surface area (Å²) in [5.74, 6) is -0.00478. The summed E-state index contributed by atoms with van der Waals surface area (Å²) < 4.78 is 38.9. The molecule has 5 heteroatoms. The van der Waals surface area contributed by atoms with Gasteiger partial charge in [0.25, 0.3) is 0 Å². The van der Waals surface area contributed by atoms with E-state index in [0.717, 1.165) is 44.6 Å². The van der Waals surface area contributed by atoms with E-state index < -0.39 is 23.3 Å². The predicted molar refractivity (Wildman–Crippen MR) is 78.3 cm³/mol. The van der Waals surface area contributed by atoms with Crippen LogP contribution in [0.3, 0.4) is 0 Å². The van der Waals surface area contributed by atoms with E-state index in [2.05, 4.69) is 0 Å². The maximum Gasteiger partial charge on any atom is 0.416 e. The van der Waals surface area contributed by atoms with Crippen molar-refractivity contribution in [2.24, 2.45) is 11.7 Å². The fraction of sp³-hybridized carbons (Fsp3) is 0.647. The van der Waals surface area contributed by atoms with E-state index in [-0.39, 0.29) is 12.0 Å². The molecule has 2 aliphatic carbocycles. The Morgan fingerprint density at radius 2 is 1.91 bits per heavy atom. The van der Waals surface area contributed by atoms with Crippen LogP contribution in [-0.4, -0.2) is 17.3 Å². The Hall–Kier alpha value is -1.07. The summed E-state index contributed by atoms with van der Waals surface area (Å²) in [6, 6.07) is 5.42. The average molecular weight is 313 g/mol. The smallest absolute Gasteiger partial charge is 0.392 e. The zero-order valence-corrected chi connectivity index (χ0v) is 12.4. The number of benzene rings is 1. The van der Waals surface area contributed by atoms with E-state index in [1.807, 2.05) is 0 Å². The van der Waals surface area contributed by atoms with Crippen molar-refractivity contribution in [1.29, 1.82) is 0 Å². The van der Waals surface area contributed by atoms with Crippen molar-refractivity contribution in [3.05, 3.63) is 35.4 Å². The number of aliphatic hydroxyl groups is 1. The molecule has 3 rings (SSSR count). The largest absolute Gasteiger partial charge is 0.416 e. The van der Waals surface area contributed by atoms with Crippen molar-refractivity contribution >= 4 is 0 Å². The van der Waals surface area contributed by atoms with Gasteiger partial charge in [-0.15, -0.1) is 0 Å². The van der Waals surface area contributed by atoms with Gasteiger partial charge in [0.05, 0.1) is 11.7 Å². The molecule has 1 aromatic carbocycles. The van der Waals surface area contributed by atoms with E-state index in [0.29, 0.717) is 5.56 Å². The Morgan fingerprint density at radius 3 is 2.41 bits per heavy atom. The third-order valence-electron chi connectivity index (χ3n) is 5.61. The first-order valence-electron chi connectivity index (χ1n) is 7.96. The molecule has 0 amide bonds.